The number of nitrogens with zero attached hydrogens (tertiary/aromatic N) is 2. The first-order valence-corrected chi connectivity index (χ1v) is 11.6. The monoisotopic (exact) mass is 463 g/mol. The molecule has 34 heavy (non-hydrogen) atoms. The highest BCUT2D eigenvalue weighted by Gasteiger charge is 2.69. The van der Waals surface area contributed by atoms with E-state index in [1.165, 1.54) is 4.90 Å². The van der Waals surface area contributed by atoms with E-state index in [1.807, 2.05) is 36.4 Å². The van der Waals surface area contributed by atoms with Crippen LogP contribution in [0.5, 0.6) is 0 Å². The Hall–Kier alpha value is -3.23. The third-order valence-electron chi connectivity index (χ3n) is 7.43. The molecule has 4 unspecified atom stereocenters. The molecule has 2 fully saturated rings. The van der Waals surface area contributed by atoms with Crippen LogP contribution in [0.15, 0.2) is 42.5 Å². The lowest BCUT2D eigenvalue weighted by molar-refractivity contribution is -0.155. The fourth-order valence-corrected chi connectivity index (χ4v) is 5.97. The van der Waals surface area contributed by atoms with Crippen LogP contribution in [0.1, 0.15) is 39.3 Å². The summed E-state index contributed by atoms with van der Waals surface area (Å²) >= 11 is 0. The summed E-state index contributed by atoms with van der Waals surface area (Å²) in [4.78, 5) is 40.6. The van der Waals surface area contributed by atoms with Crippen LogP contribution in [-0.2, 0) is 20.9 Å². The first-order chi connectivity index (χ1) is 16.1. The van der Waals surface area contributed by atoms with Gasteiger partial charge in [0.1, 0.15) is 0 Å². The average Bonchev–Trinajstić information content (AvgIpc) is 3.40. The number of carboxylic acids is 1. The second-order valence-corrected chi connectivity index (χ2v) is 10.3. The molecule has 2 aliphatic heterocycles. The Bertz CT molecular complexity index is 1350. The van der Waals surface area contributed by atoms with E-state index in [0.29, 0.717) is 0 Å². The molecule has 0 spiro atoms. The average molecular weight is 464 g/mol. The Kier molecular flexibility index (Phi) is 4.90. The number of imide groups is 1. The van der Waals surface area contributed by atoms with Crippen molar-refractivity contribution in [3.63, 3.8) is 0 Å². The predicted octanol–water partition coefficient (Wildman–Crippen LogP) is 2.67. The number of aromatic nitrogens is 1. The molecule has 178 valence electrons. The van der Waals surface area contributed by atoms with E-state index in [-0.39, 0.29) is 0 Å². The molecule has 1 aromatic heterocycles. The molecule has 2 aromatic carbocycles. The topological polar surface area (TPSA) is 112 Å². The third kappa shape index (κ3) is 2.82. The summed E-state index contributed by atoms with van der Waals surface area (Å²) in [5.41, 5.74) is 0.111. The van der Waals surface area contributed by atoms with E-state index < -0.39 is 53.3 Å². The zero-order chi connectivity index (χ0) is 24.6. The highest BCUT2D eigenvalue weighted by atomic mass is 16.4. The summed E-state index contributed by atoms with van der Waals surface area (Å²) in [7, 11) is 0. The van der Waals surface area contributed by atoms with E-state index in [1.54, 1.807) is 20.8 Å². The van der Waals surface area contributed by atoms with Gasteiger partial charge >= 0.3 is 5.97 Å². The predicted molar refractivity (Wildman–Crippen MR) is 127 cm³/mol. The number of nitrogens with one attached hydrogen (secondary N) is 1. The van der Waals surface area contributed by atoms with Gasteiger partial charge in [-0.3, -0.25) is 24.6 Å². The number of aryl methyl sites for hydroxylation is 1. The number of aliphatic hydroxyl groups excluding tert-OH is 1. The van der Waals surface area contributed by atoms with Crippen LogP contribution in [0.3, 0.4) is 0 Å². The van der Waals surface area contributed by atoms with E-state index in [2.05, 4.69) is 22.9 Å². The number of carboxylic acid groups (broad SMARTS) is 1. The second kappa shape index (κ2) is 7.38. The molecular weight excluding hydrogens is 434 g/mol. The molecule has 8 nitrogen and oxygen atoms in total. The van der Waals surface area contributed by atoms with Crippen LogP contribution >= 0.6 is 0 Å². The van der Waals surface area contributed by atoms with Gasteiger partial charge in [0.25, 0.3) is 0 Å². The van der Waals surface area contributed by atoms with Gasteiger partial charge in [-0.25, -0.2) is 0 Å². The molecule has 0 bridgehead atoms. The molecule has 0 saturated carbocycles. The van der Waals surface area contributed by atoms with Gasteiger partial charge in [-0.2, -0.15) is 0 Å². The van der Waals surface area contributed by atoms with Crippen molar-refractivity contribution in [3.8, 4) is 0 Å². The maximum Gasteiger partial charge on any atom is 0.327 e. The smallest absolute Gasteiger partial charge is 0.327 e. The van der Waals surface area contributed by atoms with Crippen molar-refractivity contribution in [2.45, 2.75) is 51.4 Å². The zero-order valence-corrected chi connectivity index (χ0v) is 19.7. The molecule has 8 heteroatoms. The van der Waals surface area contributed by atoms with Crippen LogP contribution in [0.4, 0.5) is 0 Å². The highest BCUT2D eigenvalue weighted by Crippen LogP contribution is 2.50. The molecule has 3 heterocycles. The Balaban J connectivity index is 1.71. The molecule has 5 rings (SSSR count). The van der Waals surface area contributed by atoms with E-state index >= 15 is 0 Å². The van der Waals surface area contributed by atoms with E-state index in [9.17, 15) is 24.6 Å². The number of fused-ring (bicyclic) bond motifs is 4. The number of likely N-dealkylation sites (tertiary alicyclic amines) is 1. The lowest BCUT2D eigenvalue weighted by atomic mass is 9.79. The maximum absolute atomic E-state index is 13.6. The molecule has 2 saturated heterocycles. The van der Waals surface area contributed by atoms with Crippen molar-refractivity contribution >= 4 is 39.6 Å². The number of benzene rings is 2. The molecule has 0 radical (unpaired) electrons. The molecular formula is C26H29N3O5. The van der Waals surface area contributed by atoms with Gasteiger partial charge in [0.2, 0.25) is 11.8 Å². The summed E-state index contributed by atoms with van der Waals surface area (Å²) in [6.07, 6.45) is 0. The second-order valence-electron chi connectivity index (χ2n) is 10.3. The summed E-state index contributed by atoms with van der Waals surface area (Å²) in [6, 6.07) is 13.2. The summed E-state index contributed by atoms with van der Waals surface area (Å²) in [5.74, 6) is -4.43. The van der Waals surface area contributed by atoms with Crippen molar-refractivity contribution < 1.29 is 24.6 Å². The van der Waals surface area contributed by atoms with Gasteiger partial charge in [-0.15, -0.1) is 0 Å². The number of hydrogen-bond donors (Lipinski definition) is 3. The van der Waals surface area contributed by atoms with Crippen LogP contribution in [0.2, 0.25) is 0 Å². The van der Waals surface area contributed by atoms with Gasteiger partial charge < -0.3 is 14.8 Å². The quantitative estimate of drug-likeness (QED) is 0.513. The van der Waals surface area contributed by atoms with Gasteiger partial charge in [0.15, 0.2) is 5.54 Å². The standard InChI is InChI=1S/C26H29N3O5/c1-5-28-17-9-7-6-8-15(17)16-12-14(10-11-18(16)28)21-19-20(26(13-30,27-21)24(33)34)23(32)29(22(19)31)25(2,3)4/h6-12,19-21,27,30H,5,13H2,1-4H3,(H,33,34). The fourth-order valence-electron chi connectivity index (χ4n) is 5.97. The Morgan fingerprint density at radius 2 is 1.74 bits per heavy atom. The van der Waals surface area contributed by atoms with Crippen LogP contribution < -0.4 is 5.32 Å². The minimum Gasteiger partial charge on any atom is -0.480 e. The van der Waals surface area contributed by atoms with Gasteiger partial charge in [0.05, 0.1) is 18.4 Å². The van der Waals surface area contributed by atoms with E-state index in [4.69, 9.17) is 0 Å². The SMILES string of the molecule is CCn1c2ccccc2c2cc(C3NC(CO)(C(=O)O)C4C(=O)N(C(C)(C)C)C(=O)C34)ccc21. The summed E-state index contributed by atoms with van der Waals surface area (Å²) in [5, 5.41) is 25.4. The molecule has 4 atom stereocenters. The number of aliphatic carboxylic acids is 1. The number of aliphatic hydroxyl groups is 1. The minimum atomic E-state index is -1.94. The molecule has 2 amide bonds. The maximum atomic E-state index is 13.6. The Labute approximate surface area is 197 Å². The van der Waals surface area contributed by atoms with Crippen molar-refractivity contribution in [3.05, 3.63) is 48.0 Å². The number of para-hydroxylation sites is 1. The molecule has 2 aliphatic rings. The lowest BCUT2D eigenvalue weighted by Gasteiger charge is -2.34. The number of carbonyl (C=O) groups is 3. The number of rotatable bonds is 4. The fraction of sp³-hybridized carbons (Fsp3) is 0.423. The van der Waals surface area contributed by atoms with Crippen LogP contribution in [0, 0.1) is 11.8 Å². The van der Waals surface area contributed by atoms with Crippen molar-refractivity contribution in [2.75, 3.05) is 6.61 Å². The van der Waals surface area contributed by atoms with Crippen LogP contribution in [-0.4, -0.2) is 55.1 Å². The lowest BCUT2D eigenvalue weighted by Crippen LogP contribution is -2.59. The highest BCUT2D eigenvalue weighted by molar-refractivity contribution is 6.11. The molecule has 3 N–H and O–H groups in total. The first kappa shape index (κ1) is 22.6. The normalized spacial score (nSPS) is 27.2. The zero-order valence-electron chi connectivity index (χ0n) is 19.7. The van der Waals surface area contributed by atoms with Crippen molar-refractivity contribution in [1.29, 1.82) is 0 Å². The van der Waals surface area contributed by atoms with Crippen molar-refractivity contribution in [1.82, 2.24) is 14.8 Å². The van der Waals surface area contributed by atoms with Gasteiger partial charge in [0, 0.05) is 39.9 Å². The van der Waals surface area contributed by atoms with E-state index in [0.717, 1.165) is 33.9 Å². The number of amides is 2. The number of carbonyl (C=O) groups excluding carboxylic acids is 2. The van der Waals surface area contributed by atoms with Gasteiger partial charge in [-0.05, 0) is 51.5 Å². The third-order valence-corrected chi connectivity index (χ3v) is 7.43. The molecule has 3 aromatic rings. The van der Waals surface area contributed by atoms with Crippen molar-refractivity contribution in [2.24, 2.45) is 11.8 Å². The Morgan fingerprint density at radius 3 is 2.35 bits per heavy atom. The molecule has 0 aliphatic carbocycles. The van der Waals surface area contributed by atoms with Crippen LogP contribution in [0.25, 0.3) is 21.8 Å². The summed E-state index contributed by atoms with van der Waals surface area (Å²) < 4.78 is 2.21. The number of hydrogen-bond acceptors (Lipinski definition) is 5. The minimum absolute atomic E-state index is 0.410. The Morgan fingerprint density at radius 1 is 1.06 bits per heavy atom. The van der Waals surface area contributed by atoms with Gasteiger partial charge in [-0.1, -0.05) is 24.3 Å². The first-order valence-electron chi connectivity index (χ1n) is 11.6. The largest absolute Gasteiger partial charge is 0.480 e. The summed E-state index contributed by atoms with van der Waals surface area (Å²) in [6.45, 7) is 7.32.